The Bertz CT molecular complexity index is 763. The summed E-state index contributed by atoms with van der Waals surface area (Å²) in [6.07, 6.45) is 3.37. The second kappa shape index (κ2) is 10.7. The van der Waals surface area contributed by atoms with Crippen molar-refractivity contribution >= 4 is 15.8 Å². The van der Waals surface area contributed by atoms with Gasteiger partial charge in [0.2, 0.25) is 0 Å². The van der Waals surface area contributed by atoms with E-state index in [2.05, 4.69) is 20.5 Å². The van der Waals surface area contributed by atoms with Crippen molar-refractivity contribution in [3.8, 4) is 0 Å². The van der Waals surface area contributed by atoms with E-state index in [4.69, 9.17) is 0 Å². The van der Waals surface area contributed by atoms with Crippen LogP contribution in [-0.2, 0) is 16.3 Å². The van der Waals surface area contributed by atoms with Gasteiger partial charge in [-0.15, -0.1) is 0 Å². The fourth-order valence-electron chi connectivity index (χ4n) is 3.14. The summed E-state index contributed by atoms with van der Waals surface area (Å²) in [4.78, 5) is 6.64. The highest BCUT2D eigenvalue weighted by Gasteiger charge is 2.20. The number of likely N-dealkylation sites (tertiary alicyclic amines) is 1. The number of rotatable bonds is 8. The van der Waals surface area contributed by atoms with Gasteiger partial charge in [0.1, 0.15) is 9.84 Å². The minimum absolute atomic E-state index is 0.186. The first kappa shape index (κ1) is 22.5. The second-order valence-electron chi connectivity index (χ2n) is 7.11. The molecule has 0 unspecified atom stereocenters. The van der Waals surface area contributed by atoms with Crippen LogP contribution in [0.15, 0.2) is 23.2 Å². The zero-order valence-corrected chi connectivity index (χ0v) is 17.4. The number of guanidine groups is 1. The summed E-state index contributed by atoms with van der Waals surface area (Å²) in [5, 5.41) is 6.56. The van der Waals surface area contributed by atoms with Crippen LogP contribution in [0.1, 0.15) is 25.3 Å². The zero-order valence-electron chi connectivity index (χ0n) is 16.5. The van der Waals surface area contributed by atoms with Crippen LogP contribution in [0.25, 0.3) is 0 Å². The van der Waals surface area contributed by atoms with Crippen LogP contribution in [0.3, 0.4) is 0 Å². The van der Waals surface area contributed by atoms with Gasteiger partial charge in [-0.2, -0.15) is 0 Å². The maximum atomic E-state index is 13.7. The van der Waals surface area contributed by atoms with E-state index in [0.717, 1.165) is 32.0 Å². The Kier molecular flexibility index (Phi) is 8.62. The first-order valence-electron chi connectivity index (χ1n) is 9.66. The molecule has 2 N–H and O–H groups in total. The van der Waals surface area contributed by atoms with Crippen molar-refractivity contribution in [3.05, 3.63) is 35.4 Å². The summed E-state index contributed by atoms with van der Waals surface area (Å²) >= 11 is 0. The van der Waals surface area contributed by atoms with Crippen LogP contribution in [-0.4, -0.2) is 70.1 Å². The molecule has 1 aromatic rings. The van der Waals surface area contributed by atoms with Crippen LogP contribution in [0.2, 0.25) is 0 Å². The van der Waals surface area contributed by atoms with Crippen molar-refractivity contribution in [2.24, 2.45) is 4.99 Å². The molecule has 1 fully saturated rings. The van der Waals surface area contributed by atoms with Crippen molar-refractivity contribution in [3.63, 3.8) is 0 Å². The quantitative estimate of drug-likeness (QED) is 0.497. The third-order valence-corrected chi connectivity index (χ3v) is 5.66. The summed E-state index contributed by atoms with van der Waals surface area (Å²) < 4.78 is 49.6. The summed E-state index contributed by atoms with van der Waals surface area (Å²) in [6, 6.07) is 4.42. The van der Waals surface area contributed by atoms with Crippen LogP contribution in [0.5, 0.6) is 0 Å². The molecule has 6 nitrogen and oxygen atoms in total. The molecular weight excluding hydrogens is 386 g/mol. The summed E-state index contributed by atoms with van der Waals surface area (Å²) in [5.41, 5.74) is 0.318. The number of hydrogen-bond acceptors (Lipinski definition) is 4. The van der Waals surface area contributed by atoms with Gasteiger partial charge >= 0.3 is 0 Å². The standard InChI is InChI=1S/C19H30F2N4O2S/c1-3-22-19(23-10-7-15-5-4-6-17(20)18(15)21)24-16-8-11-25(12-9-16)13-14-28(2,26)27/h4-6,16H,3,7-14H2,1-2H3,(H2,22,23,24). The Labute approximate surface area is 166 Å². The Morgan fingerprint density at radius 2 is 2.00 bits per heavy atom. The fraction of sp³-hybridized carbons (Fsp3) is 0.632. The number of nitrogens with zero attached hydrogens (tertiary/aromatic N) is 2. The molecule has 1 heterocycles. The number of sulfone groups is 1. The molecule has 28 heavy (non-hydrogen) atoms. The normalized spacial score (nSPS) is 16.9. The van der Waals surface area contributed by atoms with Gasteiger partial charge < -0.3 is 15.5 Å². The molecule has 0 radical (unpaired) electrons. The average molecular weight is 417 g/mol. The van der Waals surface area contributed by atoms with E-state index in [1.807, 2.05) is 6.92 Å². The zero-order chi connectivity index (χ0) is 20.6. The molecule has 0 aromatic heterocycles. The third-order valence-electron chi connectivity index (χ3n) is 4.73. The molecule has 9 heteroatoms. The summed E-state index contributed by atoms with van der Waals surface area (Å²) in [6.45, 7) is 5.26. The van der Waals surface area contributed by atoms with Gasteiger partial charge in [-0.05, 0) is 37.8 Å². The summed E-state index contributed by atoms with van der Waals surface area (Å²) in [5.74, 6) is -0.800. The Balaban J connectivity index is 1.82. The van der Waals surface area contributed by atoms with E-state index in [1.54, 1.807) is 6.07 Å². The van der Waals surface area contributed by atoms with E-state index in [0.29, 0.717) is 37.6 Å². The van der Waals surface area contributed by atoms with Crippen molar-refractivity contribution in [1.82, 2.24) is 15.5 Å². The second-order valence-corrected chi connectivity index (χ2v) is 9.37. The molecule has 0 bridgehead atoms. The predicted octanol–water partition coefficient (Wildman–Crippen LogP) is 1.57. The highest BCUT2D eigenvalue weighted by Crippen LogP contribution is 2.12. The van der Waals surface area contributed by atoms with Gasteiger partial charge in [-0.25, -0.2) is 17.2 Å². The van der Waals surface area contributed by atoms with E-state index < -0.39 is 21.5 Å². The first-order valence-corrected chi connectivity index (χ1v) is 11.7. The summed E-state index contributed by atoms with van der Waals surface area (Å²) in [7, 11) is -2.94. The molecule has 1 aliphatic heterocycles. The number of hydrogen-bond donors (Lipinski definition) is 2. The number of benzene rings is 1. The van der Waals surface area contributed by atoms with E-state index in [9.17, 15) is 17.2 Å². The van der Waals surface area contributed by atoms with Crippen LogP contribution >= 0.6 is 0 Å². The molecule has 158 valence electrons. The number of nitrogens with one attached hydrogen (secondary N) is 2. The van der Waals surface area contributed by atoms with Crippen LogP contribution in [0, 0.1) is 11.6 Å². The monoisotopic (exact) mass is 416 g/mol. The molecule has 0 saturated carbocycles. The lowest BCUT2D eigenvalue weighted by Gasteiger charge is -2.32. The lowest BCUT2D eigenvalue weighted by Crippen LogP contribution is -2.49. The van der Waals surface area contributed by atoms with Crippen LogP contribution < -0.4 is 10.6 Å². The molecular formula is C19H30F2N4O2S. The third kappa shape index (κ3) is 7.71. The van der Waals surface area contributed by atoms with Gasteiger partial charge in [0.05, 0.1) is 5.75 Å². The lowest BCUT2D eigenvalue weighted by molar-refractivity contribution is 0.216. The lowest BCUT2D eigenvalue weighted by atomic mass is 10.1. The molecule has 1 aromatic carbocycles. The number of piperidine rings is 1. The minimum Gasteiger partial charge on any atom is -0.357 e. The largest absolute Gasteiger partial charge is 0.357 e. The predicted molar refractivity (Wildman–Crippen MR) is 108 cm³/mol. The Morgan fingerprint density at radius 1 is 1.29 bits per heavy atom. The smallest absolute Gasteiger partial charge is 0.191 e. The van der Waals surface area contributed by atoms with E-state index >= 15 is 0 Å². The molecule has 1 aliphatic rings. The van der Waals surface area contributed by atoms with Crippen molar-refractivity contribution in [2.45, 2.75) is 32.2 Å². The maximum Gasteiger partial charge on any atom is 0.191 e. The molecule has 0 aliphatic carbocycles. The van der Waals surface area contributed by atoms with Gasteiger partial charge in [-0.3, -0.25) is 4.99 Å². The molecule has 0 atom stereocenters. The Hall–Kier alpha value is -1.74. The van der Waals surface area contributed by atoms with E-state index in [1.165, 1.54) is 12.3 Å². The van der Waals surface area contributed by atoms with Gasteiger partial charge in [0, 0.05) is 45.0 Å². The van der Waals surface area contributed by atoms with Gasteiger partial charge in [-0.1, -0.05) is 12.1 Å². The topological polar surface area (TPSA) is 73.8 Å². The SMILES string of the molecule is CCNC(=NCCc1cccc(F)c1F)NC1CCN(CCS(C)(=O)=O)CC1. The van der Waals surface area contributed by atoms with Gasteiger partial charge in [0.15, 0.2) is 17.6 Å². The number of aliphatic imine (C=N–C) groups is 1. The maximum absolute atomic E-state index is 13.7. The first-order chi connectivity index (χ1) is 13.3. The number of halogens is 2. The van der Waals surface area contributed by atoms with E-state index in [-0.39, 0.29) is 11.8 Å². The average Bonchev–Trinajstić information content (AvgIpc) is 2.64. The molecule has 0 amide bonds. The van der Waals surface area contributed by atoms with Crippen molar-refractivity contribution in [2.75, 3.05) is 44.7 Å². The van der Waals surface area contributed by atoms with Gasteiger partial charge in [0.25, 0.3) is 0 Å². The fourth-order valence-corrected chi connectivity index (χ4v) is 3.73. The van der Waals surface area contributed by atoms with Crippen LogP contribution in [0.4, 0.5) is 8.78 Å². The van der Waals surface area contributed by atoms with Crippen molar-refractivity contribution < 1.29 is 17.2 Å². The van der Waals surface area contributed by atoms with Crippen molar-refractivity contribution in [1.29, 1.82) is 0 Å². The minimum atomic E-state index is -2.94. The molecule has 2 rings (SSSR count). The highest BCUT2D eigenvalue weighted by molar-refractivity contribution is 7.90. The Morgan fingerprint density at radius 3 is 2.64 bits per heavy atom. The highest BCUT2D eigenvalue weighted by atomic mass is 32.2. The molecule has 0 spiro atoms. The molecule has 1 saturated heterocycles.